The molecule has 4 heterocycles. The fourth-order valence-corrected chi connectivity index (χ4v) is 10.8. The number of benzene rings is 8. The van der Waals surface area contributed by atoms with Crippen LogP contribution in [0.25, 0.3) is 119 Å². The summed E-state index contributed by atoms with van der Waals surface area (Å²) in [5, 5.41) is 6.24. The van der Waals surface area contributed by atoms with Crippen molar-refractivity contribution < 1.29 is 0 Å². The molecule has 60 heavy (non-hydrogen) atoms. The Morgan fingerprint density at radius 2 is 0.833 bits per heavy atom. The van der Waals surface area contributed by atoms with Gasteiger partial charge in [0.15, 0.2) is 17.5 Å². The highest BCUT2D eigenvalue weighted by Gasteiger charge is 2.20. The van der Waals surface area contributed by atoms with Crippen molar-refractivity contribution in [2.45, 2.75) is 0 Å². The molecule has 0 fully saturated rings. The third-order valence-electron chi connectivity index (χ3n) is 11.3. The number of hydrogen-bond acceptors (Lipinski definition) is 6. The SMILES string of the molecule is c1ccc(-c2ccc(-c3nc(-c4ccccc4)nc(-c4cccc(-c5nc6cccc(-c7ccc8sc9ccccc9c8c7)c6c6c5sc5ccccc56)c4)n3)cc2)cc1. The molecule has 8 aromatic carbocycles. The maximum Gasteiger partial charge on any atom is 0.164 e. The number of fused-ring (bicyclic) bond motifs is 8. The Bertz CT molecular complexity index is 3590. The van der Waals surface area contributed by atoms with E-state index < -0.39 is 0 Å². The molecule has 0 aliphatic heterocycles. The van der Waals surface area contributed by atoms with Crippen LogP contribution < -0.4 is 0 Å². The fraction of sp³-hybridized carbons (Fsp3) is 0. The lowest BCUT2D eigenvalue weighted by molar-refractivity contribution is 1.07. The summed E-state index contributed by atoms with van der Waals surface area (Å²) in [6, 6.07) is 68.4. The van der Waals surface area contributed by atoms with Gasteiger partial charge in [-0.1, -0.05) is 158 Å². The van der Waals surface area contributed by atoms with E-state index in [9.17, 15) is 0 Å². The lowest BCUT2D eigenvalue weighted by Gasteiger charge is -2.13. The van der Waals surface area contributed by atoms with Crippen LogP contribution in [0.1, 0.15) is 0 Å². The zero-order valence-corrected chi connectivity index (χ0v) is 33.7. The van der Waals surface area contributed by atoms with Crippen molar-refractivity contribution in [3.05, 3.63) is 194 Å². The minimum absolute atomic E-state index is 0.611. The van der Waals surface area contributed by atoms with E-state index >= 15 is 0 Å². The van der Waals surface area contributed by atoms with Crippen LogP contribution in [0.3, 0.4) is 0 Å². The lowest BCUT2D eigenvalue weighted by Crippen LogP contribution is -2.00. The number of pyridine rings is 1. The molecule has 6 heteroatoms. The first-order valence-electron chi connectivity index (χ1n) is 20.0. The van der Waals surface area contributed by atoms with E-state index in [0.29, 0.717) is 17.5 Å². The fourth-order valence-electron chi connectivity index (χ4n) is 8.46. The Labute approximate surface area is 353 Å². The average Bonchev–Trinajstić information content (AvgIpc) is 3.90. The van der Waals surface area contributed by atoms with Gasteiger partial charge in [-0.3, -0.25) is 0 Å². The first-order chi connectivity index (χ1) is 29.7. The molecule has 12 aromatic rings. The zero-order chi connectivity index (χ0) is 39.6. The molecular weight excluding hydrogens is 769 g/mol. The van der Waals surface area contributed by atoms with Gasteiger partial charge >= 0.3 is 0 Å². The van der Waals surface area contributed by atoms with Crippen LogP contribution in [0, 0.1) is 0 Å². The number of rotatable bonds is 6. The second kappa shape index (κ2) is 14.2. The minimum atomic E-state index is 0.611. The van der Waals surface area contributed by atoms with Gasteiger partial charge < -0.3 is 0 Å². The Morgan fingerprint density at radius 1 is 0.300 bits per heavy atom. The summed E-state index contributed by atoms with van der Waals surface area (Å²) in [5.41, 5.74) is 10.4. The Kier molecular flexibility index (Phi) is 8.18. The van der Waals surface area contributed by atoms with E-state index in [1.54, 1.807) is 11.3 Å². The molecule has 0 bridgehead atoms. The van der Waals surface area contributed by atoms with E-state index in [0.717, 1.165) is 43.7 Å². The van der Waals surface area contributed by atoms with E-state index in [-0.39, 0.29) is 0 Å². The van der Waals surface area contributed by atoms with E-state index in [1.165, 1.54) is 57.7 Å². The summed E-state index contributed by atoms with van der Waals surface area (Å²) in [4.78, 5) is 20.7. The van der Waals surface area contributed by atoms with Gasteiger partial charge in [-0.15, -0.1) is 22.7 Å². The molecule has 12 rings (SSSR count). The molecule has 4 nitrogen and oxygen atoms in total. The van der Waals surface area contributed by atoms with Gasteiger partial charge in [0.2, 0.25) is 0 Å². The van der Waals surface area contributed by atoms with Crippen LogP contribution in [0.4, 0.5) is 0 Å². The number of hydrogen-bond donors (Lipinski definition) is 0. The lowest BCUT2D eigenvalue weighted by atomic mass is 9.94. The van der Waals surface area contributed by atoms with E-state index in [2.05, 4.69) is 158 Å². The smallest absolute Gasteiger partial charge is 0.164 e. The zero-order valence-electron chi connectivity index (χ0n) is 32.1. The molecule has 0 atom stereocenters. The monoisotopic (exact) mass is 800 g/mol. The number of nitrogens with zero attached hydrogens (tertiary/aromatic N) is 4. The highest BCUT2D eigenvalue weighted by Crippen LogP contribution is 2.46. The summed E-state index contributed by atoms with van der Waals surface area (Å²) >= 11 is 3.66. The van der Waals surface area contributed by atoms with Gasteiger partial charge in [0.1, 0.15) is 0 Å². The van der Waals surface area contributed by atoms with E-state index in [4.69, 9.17) is 19.9 Å². The van der Waals surface area contributed by atoms with Crippen molar-refractivity contribution >= 4 is 73.9 Å². The van der Waals surface area contributed by atoms with Crippen molar-refractivity contribution in [1.82, 2.24) is 19.9 Å². The second-order valence-electron chi connectivity index (χ2n) is 15.0. The van der Waals surface area contributed by atoms with Crippen molar-refractivity contribution in [3.63, 3.8) is 0 Å². The molecule has 4 aromatic heterocycles. The quantitative estimate of drug-likeness (QED) is 0.168. The predicted octanol–water partition coefficient (Wildman–Crippen LogP) is 15.2. The van der Waals surface area contributed by atoms with Crippen LogP contribution in [-0.2, 0) is 0 Å². The maximum absolute atomic E-state index is 5.51. The van der Waals surface area contributed by atoms with Crippen LogP contribution in [-0.4, -0.2) is 19.9 Å². The summed E-state index contributed by atoms with van der Waals surface area (Å²) < 4.78 is 5.01. The van der Waals surface area contributed by atoms with Crippen LogP contribution in [0.5, 0.6) is 0 Å². The van der Waals surface area contributed by atoms with Crippen molar-refractivity contribution in [3.8, 4) is 67.7 Å². The molecule has 0 spiro atoms. The minimum Gasteiger partial charge on any atom is -0.246 e. The molecule has 280 valence electrons. The largest absolute Gasteiger partial charge is 0.246 e. The summed E-state index contributed by atoms with van der Waals surface area (Å²) in [5.74, 6) is 1.87. The third kappa shape index (κ3) is 5.88. The van der Waals surface area contributed by atoms with Crippen LogP contribution in [0.2, 0.25) is 0 Å². The van der Waals surface area contributed by atoms with Crippen LogP contribution >= 0.6 is 22.7 Å². The molecule has 0 N–H and O–H groups in total. The molecule has 0 radical (unpaired) electrons. The molecular formula is C54H32N4S2. The van der Waals surface area contributed by atoms with Gasteiger partial charge in [0, 0.05) is 63.3 Å². The molecule has 0 aliphatic rings. The van der Waals surface area contributed by atoms with Gasteiger partial charge in [0.05, 0.1) is 15.9 Å². The van der Waals surface area contributed by atoms with Crippen molar-refractivity contribution in [2.75, 3.05) is 0 Å². The van der Waals surface area contributed by atoms with Crippen molar-refractivity contribution in [1.29, 1.82) is 0 Å². The standard InChI is InChI=1S/C54H32N4S2/c1-3-13-33(14-4-1)34-25-27-36(28-26-34)53-56-52(35-15-5-2-6-16-35)57-54(58-53)39-18-11-17-38(31-39)50-51-49(42-20-8-10-24-46(42)60-51)48-40(21-12-22-44(48)55-50)37-29-30-47-43(32-37)41-19-7-9-23-45(41)59-47/h1-32H. The summed E-state index contributed by atoms with van der Waals surface area (Å²) in [6.07, 6.45) is 0. The Balaban J connectivity index is 1.03. The van der Waals surface area contributed by atoms with Gasteiger partial charge in [-0.25, -0.2) is 19.9 Å². The molecule has 0 unspecified atom stereocenters. The topological polar surface area (TPSA) is 51.6 Å². The molecule has 0 amide bonds. The first-order valence-corrected chi connectivity index (χ1v) is 21.6. The summed E-state index contributed by atoms with van der Waals surface area (Å²) in [7, 11) is 0. The summed E-state index contributed by atoms with van der Waals surface area (Å²) in [6.45, 7) is 0. The maximum atomic E-state index is 5.51. The van der Waals surface area contributed by atoms with Gasteiger partial charge in [-0.05, 0) is 58.7 Å². The van der Waals surface area contributed by atoms with Gasteiger partial charge in [-0.2, -0.15) is 0 Å². The highest BCUT2D eigenvalue weighted by molar-refractivity contribution is 7.26. The van der Waals surface area contributed by atoms with Gasteiger partial charge in [0.25, 0.3) is 0 Å². The Morgan fingerprint density at radius 3 is 1.60 bits per heavy atom. The number of thiophene rings is 2. The first kappa shape index (κ1) is 34.6. The average molecular weight is 801 g/mol. The van der Waals surface area contributed by atoms with E-state index in [1.807, 2.05) is 47.7 Å². The predicted molar refractivity (Wildman–Crippen MR) is 254 cm³/mol. The number of aromatic nitrogens is 4. The van der Waals surface area contributed by atoms with Crippen LogP contribution in [0.15, 0.2) is 194 Å². The second-order valence-corrected chi connectivity index (χ2v) is 17.1. The molecule has 0 saturated heterocycles. The third-order valence-corrected chi connectivity index (χ3v) is 13.7. The highest BCUT2D eigenvalue weighted by atomic mass is 32.1. The molecule has 0 saturated carbocycles. The Hall–Kier alpha value is -7.38. The van der Waals surface area contributed by atoms with Crippen molar-refractivity contribution in [2.24, 2.45) is 0 Å². The molecule has 0 aliphatic carbocycles. The normalized spacial score (nSPS) is 11.7.